The summed E-state index contributed by atoms with van der Waals surface area (Å²) in [4.78, 5) is 10.7. The molecule has 1 fully saturated rings. The Morgan fingerprint density at radius 1 is 1.80 bits per heavy atom. The number of cyclic esters (lactones) is 1. The minimum atomic E-state index is -0.794. The Bertz CT molecular complexity index is 174. The van der Waals surface area contributed by atoms with Crippen LogP contribution in [0.2, 0.25) is 0 Å². The van der Waals surface area contributed by atoms with Crippen LogP contribution < -0.4 is 0 Å². The second-order valence-corrected chi connectivity index (χ2v) is 2.32. The summed E-state index contributed by atoms with van der Waals surface area (Å²) in [7, 11) is 0. The van der Waals surface area contributed by atoms with Crippen LogP contribution in [0.1, 0.15) is 13.3 Å². The zero-order chi connectivity index (χ0) is 7.72. The highest BCUT2D eigenvalue weighted by Gasteiger charge is 2.35. The monoisotopic (exact) mass is 142 g/mol. The first-order valence-electron chi connectivity index (χ1n) is 3.24. The quantitative estimate of drug-likeness (QED) is 0.421. The molecule has 1 N–H and O–H groups in total. The van der Waals surface area contributed by atoms with Gasteiger partial charge in [-0.25, -0.2) is 4.79 Å². The van der Waals surface area contributed by atoms with E-state index in [9.17, 15) is 9.90 Å². The normalized spacial score (nSPS) is 32.6. The van der Waals surface area contributed by atoms with E-state index in [2.05, 4.69) is 6.58 Å². The van der Waals surface area contributed by atoms with E-state index in [-0.39, 0.29) is 11.7 Å². The molecule has 1 rings (SSSR count). The Morgan fingerprint density at radius 3 is 2.60 bits per heavy atom. The molecule has 56 valence electrons. The van der Waals surface area contributed by atoms with E-state index in [1.165, 1.54) is 0 Å². The van der Waals surface area contributed by atoms with Crippen molar-refractivity contribution in [1.29, 1.82) is 0 Å². The number of rotatable bonds is 1. The SMILES string of the molecule is C=C1C(=O)O[C@H](CC)[C@@H]1O. The Kier molecular flexibility index (Phi) is 1.76. The summed E-state index contributed by atoms with van der Waals surface area (Å²) in [6, 6.07) is 0. The molecule has 0 bridgehead atoms. The van der Waals surface area contributed by atoms with Crippen molar-refractivity contribution in [3.05, 3.63) is 12.2 Å². The topological polar surface area (TPSA) is 46.5 Å². The highest BCUT2D eigenvalue weighted by atomic mass is 16.6. The van der Waals surface area contributed by atoms with E-state index in [0.29, 0.717) is 6.42 Å². The van der Waals surface area contributed by atoms with Crippen LogP contribution in [-0.2, 0) is 9.53 Å². The fourth-order valence-corrected chi connectivity index (χ4v) is 0.929. The molecule has 10 heavy (non-hydrogen) atoms. The highest BCUT2D eigenvalue weighted by Crippen LogP contribution is 2.21. The molecule has 0 unspecified atom stereocenters. The molecule has 1 saturated heterocycles. The lowest BCUT2D eigenvalue weighted by atomic mass is 10.1. The van der Waals surface area contributed by atoms with Gasteiger partial charge in [-0.05, 0) is 6.42 Å². The van der Waals surface area contributed by atoms with Crippen LogP contribution in [0.25, 0.3) is 0 Å². The summed E-state index contributed by atoms with van der Waals surface area (Å²) < 4.78 is 4.75. The summed E-state index contributed by atoms with van der Waals surface area (Å²) in [5.74, 6) is -0.473. The standard InChI is InChI=1S/C7H10O3/c1-3-5-6(8)4(2)7(9)10-5/h5-6,8H,2-3H2,1H3/t5-,6-/m1/s1. The largest absolute Gasteiger partial charge is 0.456 e. The minimum absolute atomic E-state index is 0.173. The van der Waals surface area contributed by atoms with Gasteiger partial charge in [0.2, 0.25) is 0 Å². The van der Waals surface area contributed by atoms with Crippen molar-refractivity contribution < 1.29 is 14.6 Å². The van der Waals surface area contributed by atoms with Crippen molar-refractivity contribution in [3.63, 3.8) is 0 Å². The molecule has 0 radical (unpaired) electrons. The number of hydrogen-bond acceptors (Lipinski definition) is 3. The van der Waals surface area contributed by atoms with Crippen LogP contribution in [0.5, 0.6) is 0 Å². The van der Waals surface area contributed by atoms with Crippen molar-refractivity contribution >= 4 is 5.97 Å². The van der Waals surface area contributed by atoms with E-state index in [1.54, 1.807) is 0 Å². The molecule has 0 spiro atoms. The summed E-state index contributed by atoms with van der Waals surface area (Å²) in [6.45, 7) is 5.24. The van der Waals surface area contributed by atoms with Crippen LogP contribution in [0.4, 0.5) is 0 Å². The fourth-order valence-electron chi connectivity index (χ4n) is 0.929. The first-order chi connectivity index (χ1) is 4.66. The van der Waals surface area contributed by atoms with Gasteiger partial charge in [0.25, 0.3) is 0 Å². The Morgan fingerprint density at radius 2 is 2.40 bits per heavy atom. The van der Waals surface area contributed by atoms with Crippen LogP contribution >= 0.6 is 0 Å². The zero-order valence-electron chi connectivity index (χ0n) is 5.83. The van der Waals surface area contributed by atoms with Gasteiger partial charge in [0, 0.05) is 0 Å². The van der Waals surface area contributed by atoms with Gasteiger partial charge < -0.3 is 9.84 Å². The lowest BCUT2D eigenvalue weighted by Gasteiger charge is -2.07. The number of carbonyl (C=O) groups is 1. The van der Waals surface area contributed by atoms with Crippen molar-refractivity contribution in [2.75, 3.05) is 0 Å². The summed E-state index contributed by atoms with van der Waals surface area (Å²) in [5.41, 5.74) is 0.173. The maximum atomic E-state index is 10.7. The van der Waals surface area contributed by atoms with E-state index in [4.69, 9.17) is 4.74 Å². The van der Waals surface area contributed by atoms with Crippen molar-refractivity contribution in [1.82, 2.24) is 0 Å². The molecule has 1 aliphatic heterocycles. The van der Waals surface area contributed by atoms with Gasteiger partial charge in [-0.15, -0.1) is 0 Å². The molecule has 0 saturated carbocycles. The molecule has 0 amide bonds. The molecule has 0 aromatic rings. The van der Waals surface area contributed by atoms with Crippen molar-refractivity contribution in [2.24, 2.45) is 0 Å². The number of aliphatic hydroxyl groups is 1. The third-order valence-electron chi connectivity index (χ3n) is 1.63. The molecule has 0 aromatic heterocycles. The molecule has 3 heteroatoms. The smallest absolute Gasteiger partial charge is 0.336 e. The second-order valence-electron chi connectivity index (χ2n) is 2.32. The fraction of sp³-hybridized carbons (Fsp3) is 0.571. The van der Waals surface area contributed by atoms with E-state index >= 15 is 0 Å². The average molecular weight is 142 g/mol. The van der Waals surface area contributed by atoms with E-state index in [0.717, 1.165) is 0 Å². The van der Waals surface area contributed by atoms with Gasteiger partial charge in [0.1, 0.15) is 12.2 Å². The number of aliphatic hydroxyl groups excluding tert-OH is 1. The van der Waals surface area contributed by atoms with Crippen LogP contribution in [0, 0.1) is 0 Å². The summed E-state index contributed by atoms with van der Waals surface area (Å²) in [6.07, 6.45) is -0.538. The van der Waals surface area contributed by atoms with Crippen LogP contribution in [0.3, 0.4) is 0 Å². The third-order valence-corrected chi connectivity index (χ3v) is 1.63. The molecule has 0 aromatic carbocycles. The predicted octanol–water partition coefficient (Wildman–Crippen LogP) is 0.239. The number of carbonyl (C=O) groups excluding carboxylic acids is 1. The summed E-state index contributed by atoms with van der Waals surface area (Å²) in [5, 5.41) is 9.18. The average Bonchev–Trinajstić information content (AvgIpc) is 2.17. The molecule has 0 aliphatic carbocycles. The maximum Gasteiger partial charge on any atom is 0.336 e. The first-order valence-corrected chi connectivity index (χ1v) is 3.24. The van der Waals surface area contributed by atoms with E-state index < -0.39 is 12.1 Å². The van der Waals surface area contributed by atoms with Gasteiger partial charge >= 0.3 is 5.97 Å². The maximum absolute atomic E-state index is 10.7. The second kappa shape index (κ2) is 2.42. The van der Waals surface area contributed by atoms with Gasteiger partial charge in [0.15, 0.2) is 0 Å². The number of ether oxygens (including phenoxy) is 1. The number of hydrogen-bond donors (Lipinski definition) is 1. The van der Waals surface area contributed by atoms with Crippen LogP contribution in [0.15, 0.2) is 12.2 Å². The Balaban J connectivity index is 2.71. The van der Waals surface area contributed by atoms with Gasteiger partial charge in [-0.2, -0.15) is 0 Å². The van der Waals surface area contributed by atoms with Gasteiger partial charge in [-0.1, -0.05) is 13.5 Å². The highest BCUT2D eigenvalue weighted by molar-refractivity contribution is 5.91. The first kappa shape index (κ1) is 7.28. The molecular formula is C7H10O3. The van der Waals surface area contributed by atoms with Crippen molar-refractivity contribution in [3.8, 4) is 0 Å². The van der Waals surface area contributed by atoms with Gasteiger partial charge in [-0.3, -0.25) is 0 Å². The number of esters is 1. The lowest BCUT2D eigenvalue weighted by molar-refractivity contribution is -0.139. The predicted molar refractivity (Wildman–Crippen MR) is 35.3 cm³/mol. The van der Waals surface area contributed by atoms with Gasteiger partial charge in [0.05, 0.1) is 5.57 Å². The lowest BCUT2D eigenvalue weighted by Crippen LogP contribution is -2.20. The molecule has 2 atom stereocenters. The Hall–Kier alpha value is -0.830. The minimum Gasteiger partial charge on any atom is -0.456 e. The van der Waals surface area contributed by atoms with E-state index in [1.807, 2.05) is 6.92 Å². The molecule has 3 nitrogen and oxygen atoms in total. The molecule has 1 aliphatic rings. The Labute approximate surface area is 59.3 Å². The summed E-state index contributed by atoms with van der Waals surface area (Å²) >= 11 is 0. The molecule has 1 heterocycles. The third kappa shape index (κ3) is 0.926. The van der Waals surface area contributed by atoms with Crippen molar-refractivity contribution in [2.45, 2.75) is 25.6 Å². The van der Waals surface area contributed by atoms with Crippen LogP contribution in [-0.4, -0.2) is 23.3 Å². The molecular weight excluding hydrogens is 132 g/mol. The zero-order valence-corrected chi connectivity index (χ0v) is 5.83.